The second kappa shape index (κ2) is 59.7. The van der Waals surface area contributed by atoms with Gasteiger partial charge in [-0.1, -0.05) is 18.7 Å². The van der Waals surface area contributed by atoms with Gasteiger partial charge in [-0.25, -0.2) is 14.6 Å². The number of aliphatic hydroxyl groups is 1. The summed E-state index contributed by atoms with van der Waals surface area (Å²) in [5.74, 6) is 1.15. The molecule has 1 aromatic carbocycles. The Kier molecular flexibility index (Phi) is 54.9. The van der Waals surface area contributed by atoms with Crippen molar-refractivity contribution < 1.29 is 83.5 Å². The molecule has 110 heavy (non-hydrogen) atoms. The molecule has 6 unspecified atom stereocenters. The molecule has 6 atom stereocenters. The summed E-state index contributed by atoms with van der Waals surface area (Å²) in [6.07, 6.45) is 8.56. The molecule has 0 radical (unpaired) electrons. The number of nitrogens with zero attached hydrogens (tertiary/aromatic N) is 10. The zero-order valence-electron chi connectivity index (χ0n) is 67.3. The number of hydrogen-bond acceptors (Lipinski definition) is 29. The number of ether oxygens (including phenoxy) is 3. The van der Waals surface area contributed by atoms with Gasteiger partial charge in [0.1, 0.15) is 27.6 Å². The Labute approximate surface area is 670 Å². The van der Waals surface area contributed by atoms with Gasteiger partial charge in [0.25, 0.3) is 0 Å². The van der Waals surface area contributed by atoms with Crippen LogP contribution in [-0.4, -0.2) is 413 Å². The number of nitrogens with one attached hydrogen (secondary N) is 4. The number of benzene rings is 1. The van der Waals surface area contributed by atoms with Gasteiger partial charge >= 0.3 is 35.8 Å². The summed E-state index contributed by atoms with van der Waals surface area (Å²) in [6, 6.07) is 5.02. The molecule has 632 valence electrons. The topological polar surface area (TPSA) is 405 Å². The zero-order chi connectivity index (χ0) is 81.9. The van der Waals surface area contributed by atoms with Crippen LogP contribution >= 0.6 is 46.6 Å². The van der Waals surface area contributed by atoms with Crippen LogP contribution in [0.3, 0.4) is 0 Å². The number of carbonyl (C=O) groups excluding carboxylic acids is 1. The number of anilines is 1. The van der Waals surface area contributed by atoms with Gasteiger partial charge in [-0.05, 0) is 184 Å². The van der Waals surface area contributed by atoms with Gasteiger partial charge in [0.15, 0.2) is 12.2 Å². The Morgan fingerprint density at radius 3 is 1.52 bits per heavy atom. The summed E-state index contributed by atoms with van der Waals surface area (Å²) in [5.41, 5.74) is 8.76. The van der Waals surface area contributed by atoms with Gasteiger partial charge in [0.2, 0.25) is 5.91 Å². The number of fused-ring (bicyclic) bond motifs is 1. The summed E-state index contributed by atoms with van der Waals surface area (Å²) in [6.45, 7) is 25.7. The summed E-state index contributed by atoms with van der Waals surface area (Å²) < 4.78 is 15.2. The lowest BCUT2D eigenvalue weighted by Crippen LogP contribution is -2.52. The van der Waals surface area contributed by atoms with Crippen molar-refractivity contribution >= 4 is 94.0 Å². The molecular formula is C74H135N15O17S4. The maximum Gasteiger partial charge on any atom is 0.334 e. The van der Waals surface area contributed by atoms with Gasteiger partial charge in [0.05, 0.1) is 32.0 Å². The summed E-state index contributed by atoms with van der Waals surface area (Å²) in [4.78, 5) is 96.9. The van der Waals surface area contributed by atoms with E-state index in [1.807, 2.05) is 87.7 Å². The van der Waals surface area contributed by atoms with Crippen LogP contribution < -0.4 is 27.0 Å². The predicted molar refractivity (Wildman–Crippen MR) is 441 cm³/mol. The number of rotatable bonds is 13. The molecule has 1 aromatic heterocycles. The number of morpholine rings is 2. The summed E-state index contributed by atoms with van der Waals surface area (Å²) in [7, 11) is 22.0. The van der Waals surface area contributed by atoms with Crippen molar-refractivity contribution in [2.75, 3.05) is 257 Å². The Balaban J connectivity index is 0.000000412. The normalized spacial score (nSPS) is 23.7. The molecule has 32 nitrogen and oxygen atoms in total. The number of carbonyl (C=O) groups is 7. The summed E-state index contributed by atoms with van der Waals surface area (Å²) in [5, 5.41) is 75.0. The number of piperidine rings is 2. The predicted octanol–water partition coefficient (Wildman–Crippen LogP) is 2.70. The van der Waals surface area contributed by atoms with Crippen molar-refractivity contribution in [2.24, 2.45) is 17.6 Å². The van der Waals surface area contributed by atoms with Gasteiger partial charge in [-0.2, -0.15) is 11.8 Å². The first-order valence-corrected chi connectivity index (χ1v) is 42.1. The number of aliphatic hydroxyl groups excluding tert-OH is 1. The van der Waals surface area contributed by atoms with Crippen molar-refractivity contribution in [1.29, 1.82) is 0 Å². The fourth-order valence-electron chi connectivity index (χ4n) is 11.7. The molecule has 12 rings (SSSR count). The maximum absolute atomic E-state index is 11.0. The van der Waals surface area contributed by atoms with Crippen LogP contribution in [0.5, 0.6) is 0 Å². The van der Waals surface area contributed by atoms with Gasteiger partial charge in [-0.15, -0.1) is 34.9 Å². The molecule has 0 aliphatic carbocycles. The highest BCUT2D eigenvalue weighted by Gasteiger charge is 2.28. The average molecular weight is 1640 g/mol. The smallest absolute Gasteiger partial charge is 0.334 e. The minimum Gasteiger partial charge on any atom is -0.513 e. The molecule has 0 spiro atoms. The second-order valence-electron chi connectivity index (χ2n) is 28.7. The molecule has 9 fully saturated rings. The van der Waals surface area contributed by atoms with Crippen molar-refractivity contribution in [1.82, 2.24) is 65.0 Å². The van der Waals surface area contributed by atoms with Crippen LogP contribution in [0, 0.1) is 11.8 Å². The van der Waals surface area contributed by atoms with Crippen LogP contribution in [0.2, 0.25) is 0 Å². The number of likely N-dealkylation sites (N-methyl/N-ethyl adjacent to an activating group) is 4. The number of nitrogens with two attached hydrogens (primary N) is 1. The van der Waals surface area contributed by atoms with Gasteiger partial charge < -0.3 is 121 Å². The molecule has 13 N–H and O–H groups in total. The third kappa shape index (κ3) is 48.3. The molecule has 36 heteroatoms. The third-order valence-electron chi connectivity index (χ3n) is 18.7. The van der Waals surface area contributed by atoms with Crippen LogP contribution in [-0.2, 0) is 67.3 Å². The number of thioether (sulfide) groups is 3. The van der Waals surface area contributed by atoms with E-state index in [0.29, 0.717) is 76.4 Å². The van der Waals surface area contributed by atoms with Crippen LogP contribution in [0.25, 0.3) is 0 Å². The number of likely N-dealkylation sites (tertiary alicyclic amines) is 2. The van der Waals surface area contributed by atoms with E-state index in [1.54, 1.807) is 11.3 Å². The molecule has 10 aliphatic rings. The lowest BCUT2D eigenvalue weighted by atomic mass is 9.91. The first-order chi connectivity index (χ1) is 52.3. The van der Waals surface area contributed by atoms with Gasteiger partial charge in [-0.3, -0.25) is 24.0 Å². The molecule has 9 saturated heterocycles. The Hall–Kier alpha value is -4.91. The number of carboxylic acids is 6. The van der Waals surface area contributed by atoms with Crippen LogP contribution in [0.15, 0.2) is 42.1 Å². The molecule has 10 aliphatic heterocycles. The minimum absolute atomic E-state index is 0.0941. The molecule has 1 amide bonds. The molecular weight excluding hydrogens is 1500 g/mol. The number of aliphatic carboxylic acids is 6. The number of allylic oxidation sites excluding steroid dienone is 1. The van der Waals surface area contributed by atoms with E-state index >= 15 is 0 Å². The van der Waals surface area contributed by atoms with Crippen molar-refractivity contribution in [3.63, 3.8) is 0 Å². The Morgan fingerprint density at radius 1 is 0.573 bits per heavy atom. The first kappa shape index (κ1) is 101. The standard InChI is InChI=1S/C10H12N2O.C9H18N2O2.C8H15NO.C6H12N2O2.2C6H11NO3.2C6H11NO2S.C6H13NO.C6H13NS.C5H8N2S/c1-11-6-7-2-3-9-8(4-7)5-10(13)12-9;1-11-4-2-7(3-5-11)6-8(10)9(12)13;1-7(10)8-3-5-9(2)6-4-8;1-8-3-2-7-5(4-8)6(9)10;4*1-7-2-3-10-5(4-7)6(8)9;2*1-7-3-2-5-8-6-4-7;1-6-4-5-7-2-3-8-5/h2-4,11H,5-6H2,1H3,(H,12,13);7-8H,2-6,10H2,1H3,(H,12,13);8,10H,1,3-6H2,2H3;5,7H,2-4H2,1H3,(H,9,10);4*5H,2-4H2,1H3,(H,8,9);2*2-6H2,1H3;2-3,6H,4H2,1H3. The summed E-state index contributed by atoms with van der Waals surface area (Å²) >= 11 is 6.82. The third-order valence-corrected chi connectivity index (χ3v) is 22.8. The fourth-order valence-corrected chi connectivity index (χ4v) is 15.7. The van der Waals surface area contributed by atoms with E-state index in [9.17, 15) is 33.6 Å². The number of amides is 1. The molecule has 0 saturated carbocycles. The SMILES string of the molecule is C=C(O)C1CCN(C)CC1.CN1CCC(CC(N)C(=O)O)CC1.CN1CCCOCC1.CN1CCCSCC1.CN1CCNC(C(=O)O)C1.CN1CCOC(C(=O)O)C1.CN1CCOC(C(=O)O)C1.CN1CCSC(C(=O)O)C1.CN1CCSC(C(=O)O)C1.CNCc1ccc2c(c1)CC(=O)N2.CNCc1nccs1. The van der Waals surface area contributed by atoms with E-state index in [-0.39, 0.29) is 22.4 Å². The fraction of sp³-hybridized carbons (Fsp3) is 0.757. The molecule has 0 bridgehead atoms. The lowest BCUT2D eigenvalue weighted by Gasteiger charge is -2.29. The molecule has 11 heterocycles. The Morgan fingerprint density at radius 2 is 1.07 bits per heavy atom. The van der Waals surface area contributed by atoms with E-state index in [4.69, 9.17) is 55.7 Å². The zero-order valence-corrected chi connectivity index (χ0v) is 70.5. The van der Waals surface area contributed by atoms with E-state index < -0.39 is 54.1 Å². The quantitative estimate of drug-likeness (QED) is 0.128. The van der Waals surface area contributed by atoms with E-state index in [0.717, 1.165) is 152 Å². The number of hydrogen-bond donors (Lipinski definition) is 12. The van der Waals surface area contributed by atoms with Crippen molar-refractivity contribution in [3.8, 4) is 0 Å². The van der Waals surface area contributed by atoms with E-state index in [2.05, 4.69) is 108 Å². The number of piperazine rings is 1. The average Bonchev–Trinajstić information content (AvgIpc) is 1.69. The highest BCUT2D eigenvalue weighted by atomic mass is 32.2. The Bertz CT molecular complexity index is 2660. The maximum atomic E-state index is 11.0. The van der Waals surface area contributed by atoms with Gasteiger partial charge in [0, 0.05) is 152 Å². The van der Waals surface area contributed by atoms with Crippen LogP contribution in [0.4, 0.5) is 5.69 Å². The number of aromatic nitrogens is 1. The largest absolute Gasteiger partial charge is 0.513 e. The molecule has 2 aromatic rings. The first-order valence-electron chi connectivity index (χ1n) is 37.9. The minimum atomic E-state index is -0.876. The van der Waals surface area contributed by atoms with E-state index in [1.165, 1.54) is 73.1 Å². The van der Waals surface area contributed by atoms with Crippen molar-refractivity contribution in [3.05, 3.63) is 58.2 Å². The monoisotopic (exact) mass is 1630 g/mol. The second-order valence-corrected chi connectivity index (χ2v) is 33.5. The number of thiazole rings is 1. The highest BCUT2D eigenvalue weighted by Crippen LogP contribution is 2.25. The van der Waals surface area contributed by atoms with Crippen molar-refractivity contribution in [2.45, 2.75) is 99.2 Å². The number of carboxylic acid groups (broad SMARTS) is 6. The highest BCUT2D eigenvalue weighted by molar-refractivity contribution is 8.01. The van der Waals surface area contributed by atoms with Crippen LogP contribution in [0.1, 0.15) is 61.1 Å². The lowest BCUT2D eigenvalue weighted by molar-refractivity contribution is -0.156.